The smallest absolute Gasteiger partial charge is 0.357 e. The molecule has 0 bridgehead atoms. The summed E-state index contributed by atoms with van der Waals surface area (Å²) in [7, 11) is 0. The van der Waals surface area contributed by atoms with Gasteiger partial charge in [-0.05, 0) is 50.1 Å². The van der Waals surface area contributed by atoms with Crippen LogP contribution in [0.3, 0.4) is 0 Å². The van der Waals surface area contributed by atoms with Crippen LogP contribution in [0.15, 0.2) is 22.5 Å². The molecule has 0 spiro atoms. The number of guanidine groups is 1. The van der Waals surface area contributed by atoms with E-state index in [2.05, 4.69) is 33.0 Å². The third-order valence-electron chi connectivity index (χ3n) is 5.43. The Kier molecular flexibility index (Phi) is 10.7. The van der Waals surface area contributed by atoms with Crippen molar-refractivity contribution in [1.29, 1.82) is 0 Å². The highest BCUT2D eigenvalue weighted by Gasteiger charge is 2.34. The molecule has 2 fully saturated rings. The summed E-state index contributed by atoms with van der Waals surface area (Å²) in [5, 5.41) is 8.70. The monoisotopic (exact) mass is 559 g/mol. The van der Waals surface area contributed by atoms with Gasteiger partial charge in [-0.25, -0.2) is 0 Å². The van der Waals surface area contributed by atoms with Crippen molar-refractivity contribution in [2.75, 3.05) is 45.8 Å². The predicted octanol–water partition coefficient (Wildman–Crippen LogP) is 3.77. The van der Waals surface area contributed by atoms with Crippen LogP contribution in [0.4, 0.5) is 13.2 Å². The van der Waals surface area contributed by atoms with Crippen LogP contribution in [0.5, 0.6) is 0 Å². The Morgan fingerprint density at radius 3 is 2.77 bits per heavy atom. The molecule has 10 heteroatoms. The summed E-state index contributed by atoms with van der Waals surface area (Å²) in [6, 6.07) is 4.29. The molecule has 2 saturated heterocycles. The van der Waals surface area contributed by atoms with E-state index in [1.807, 2.05) is 6.92 Å². The number of hydrogen-bond acceptors (Lipinski definition) is 4. The maximum atomic E-state index is 12.6. The second kappa shape index (κ2) is 12.4. The normalized spacial score (nSPS) is 23.9. The Bertz CT molecular complexity index is 641. The van der Waals surface area contributed by atoms with Crippen LogP contribution in [0.25, 0.3) is 0 Å². The zero-order valence-electron chi connectivity index (χ0n) is 17.5. The number of likely N-dealkylation sites (tertiary alicyclic amines) is 2. The van der Waals surface area contributed by atoms with Crippen LogP contribution in [-0.4, -0.2) is 73.8 Å². The fourth-order valence-electron chi connectivity index (χ4n) is 4.15. The van der Waals surface area contributed by atoms with Crippen molar-refractivity contribution in [2.24, 2.45) is 10.9 Å². The summed E-state index contributed by atoms with van der Waals surface area (Å²) < 4.78 is 37.8. The van der Waals surface area contributed by atoms with Crippen LogP contribution >= 0.6 is 35.3 Å². The first kappa shape index (κ1) is 25.7. The molecule has 2 aliphatic rings. The topological polar surface area (TPSA) is 42.9 Å². The summed E-state index contributed by atoms with van der Waals surface area (Å²) in [5.74, 6) is 1.24. The molecule has 30 heavy (non-hydrogen) atoms. The summed E-state index contributed by atoms with van der Waals surface area (Å²) in [6.45, 7) is 6.71. The number of piperidine rings is 1. The third-order valence-corrected chi connectivity index (χ3v) is 6.29. The molecule has 2 unspecified atom stereocenters. The molecule has 3 heterocycles. The third kappa shape index (κ3) is 8.88. The fourth-order valence-corrected chi connectivity index (χ4v) is 4.89. The number of alkyl halides is 3. The first-order chi connectivity index (χ1) is 13.9. The van der Waals surface area contributed by atoms with Gasteiger partial charge in [0.2, 0.25) is 0 Å². The predicted molar refractivity (Wildman–Crippen MR) is 128 cm³/mol. The van der Waals surface area contributed by atoms with Crippen LogP contribution in [-0.2, 0) is 6.54 Å². The molecular formula is C20H33F3IN5S. The van der Waals surface area contributed by atoms with Crippen molar-refractivity contribution >= 4 is 41.3 Å². The van der Waals surface area contributed by atoms with Gasteiger partial charge in [-0.2, -0.15) is 13.2 Å². The van der Waals surface area contributed by atoms with Crippen molar-refractivity contribution in [1.82, 2.24) is 20.4 Å². The summed E-state index contributed by atoms with van der Waals surface area (Å²) in [5.41, 5.74) is 0. The Hall–Kier alpha value is -0.590. The van der Waals surface area contributed by atoms with Crippen molar-refractivity contribution in [3.8, 4) is 0 Å². The lowest BCUT2D eigenvalue weighted by Crippen LogP contribution is -2.45. The van der Waals surface area contributed by atoms with Crippen LogP contribution in [0.1, 0.15) is 31.1 Å². The highest BCUT2D eigenvalue weighted by molar-refractivity contribution is 14.0. The summed E-state index contributed by atoms with van der Waals surface area (Å²) >= 11 is 1.80. The van der Waals surface area contributed by atoms with E-state index in [-0.39, 0.29) is 30.0 Å². The van der Waals surface area contributed by atoms with E-state index in [0.29, 0.717) is 25.4 Å². The van der Waals surface area contributed by atoms with Crippen LogP contribution in [0, 0.1) is 5.92 Å². The van der Waals surface area contributed by atoms with Crippen LogP contribution < -0.4 is 10.6 Å². The van der Waals surface area contributed by atoms with Crippen molar-refractivity contribution in [3.05, 3.63) is 22.4 Å². The fraction of sp³-hybridized carbons (Fsp3) is 0.750. The number of halogens is 4. The zero-order chi connectivity index (χ0) is 20.7. The average molecular weight is 559 g/mol. The van der Waals surface area contributed by atoms with E-state index in [1.165, 1.54) is 22.6 Å². The lowest BCUT2D eigenvalue weighted by Gasteiger charge is -2.31. The van der Waals surface area contributed by atoms with Crippen molar-refractivity contribution < 1.29 is 13.2 Å². The Balaban J connectivity index is 0.00000320. The number of aliphatic imine (C=N–C) groups is 1. The van der Waals surface area contributed by atoms with Gasteiger partial charge < -0.3 is 10.6 Å². The molecule has 2 aliphatic heterocycles. The highest BCUT2D eigenvalue weighted by Crippen LogP contribution is 2.21. The quantitative estimate of drug-likeness (QED) is 0.304. The minimum atomic E-state index is -4.14. The molecule has 1 aromatic rings. The second-order valence-electron chi connectivity index (χ2n) is 8.02. The molecule has 5 nitrogen and oxygen atoms in total. The molecule has 0 amide bonds. The first-order valence-corrected chi connectivity index (χ1v) is 11.4. The second-order valence-corrected chi connectivity index (χ2v) is 9.05. The standard InChI is InChI=1S/C20H32F3N5S.HI/c1-2-24-19(26-17-7-9-28(13-17)15-20(21,22)23)25-11-16-5-3-8-27(12-16)14-18-6-4-10-29-18;/h4,6,10,16-17H,2-3,5,7-9,11-15H2,1H3,(H2,24,25,26);1H. The van der Waals surface area contributed by atoms with E-state index >= 15 is 0 Å². The Morgan fingerprint density at radius 2 is 2.07 bits per heavy atom. The minimum Gasteiger partial charge on any atom is -0.357 e. The van der Waals surface area contributed by atoms with Gasteiger partial charge >= 0.3 is 6.18 Å². The molecular weight excluding hydrogens is 526 g/mol. The number of hydrogen-bond donors (Lipinski definition) is 2. The number of thiophene rings is 1. The lowest BCUT2D eigenvalue weighted by atomic mass is 9.98. The van der Waals surface area contributed by atoms with Gasteiger partial charge in [0, 0.05) is 50.2 Å². The van der Waals surface area contributed by atoms with Crippen molar-refractivity contribution in [3.63, 3.8) is 0 Å². The molecule has 3 rings (SSSR count). The molecule has 0 saturated carbocycles. The van der Waals surface area contributed by atoms with Gasteiger partial charge in [0.25, 0.3) is 0 Å². The van der Waals surface area contributed by atoms with E-state index in [0.717, 1.165) is 38.7 Å². The van der Waals surface area contributed by atoms with Gasteiger partial charge in [0.15, 0.2) is 5.96 Å². The van der Waals surface area contributed by atoms with Gasteiger partial charge in [-0.3, -0.25) is 14.8 Å². The Morgan fingerprint density at radius 1 is 1.23 bits per heavy atom. The molecule has 2 N–H and O–H groups in total. The number of nitrogens with one attached hydrogen (secondary N) is 2. The number of nitrogens with zero attached hydrogens (tertiary/aromatic N) is 3. The molecule has 0 aliphatic carbocycles. The zero-order valence-corrected chi connectivity index (χ0v) is 20.6. The first-order valence-electron chi connectivity index (χ1n) is 10.5. The largest absolute Gasteiger partial charge is 0.401 e. The van der Waals surface area contributed by atoms with Gasteiger partial charge in [-0.15, -0.1) is 35.3 Å². The molecule has 2 atom stereocenters. The Labute approximate surface area is 198 Å². The molecule has 1 aromatic heterocycles. The van der Waals surface area contributed by atoms with Crippen molar-refractivity contribution in [2.45, 2.75) is 44.9 Å². The maximum Gasteiger partial charge on any atom is 0.401 e. The van der Waals surface area contributed by atoms with E-state index in [9.17, 15) is 13.2 Å². The van der Waals surface area contributed by atoms with Gasteiger partial charge in [0.05, 0.1) is 6.54 Å². The summed E-state index contributed by atoms with van der Waals surface area (Å²) in [4.78, 5) is 10.1. The van der Waals surface area contributed by atoms with Gasteiger partial charge in [0.1, 0.15) is 0 Å². The van der Waals surface area contributed by atoms with Gasteiger partial charge in [-0.1, -0.05) is 6.07 Å². The molecule has 0 radical (unpaired) electrons. The van der Waals surface area contributed by atoms with Crippen LogP contribution in [0.2, 0.25) is 0 Å². The average Bonchev–Trinajstić information content (AvgIpc) is 3.31. The maximum absolute atomic E-state index is 12.6. The van der Waals surface area contributed by atoms with E-state index < -0.39 is 12.7 Å². The highest BCUT2D eigenvalue weighted by atomic mass is 127. The SMILES string of the molecule is CCNC(=NCC1CCCN(Cc2cccs2)C1)NC1CCN(CC(F)(F)F)C1.I. The van der Waals surface area contributed by atoms with E-state index in [4.69, 9.17) is 4.99 Å². The molecule has 172 valence electrons. The lowest BCUT2D eigenvalue weighted by molar-refractivity contribution is -0.143. The molecule has 0 aromatic carbocycles. The number of rotatable bonds is 7. The van der Waals surface area contributed by atoms with E-state index in [1.54, 1.807) is 11.3 Å². The summed E-state index contributed by atoms with van der Waals surface area (Å²) in [6.07, 6.45) is -1.07. The minimum absolute atomic E-state index is 0.